The number of halogens is 4. The van der Waals surface area contributed by atoms with Gasteiger partial charge in [0.1, 0.15) is 64.1 Å². The molecule has 0 spiro atoms. The molecule has 0 saturated carbocycles. The van der Waals surface area contributed by atoms with E-state index in [2.05, 4.69) is 0 Å². The lowest BCUT2D eigenvalue weighted by Gasteiger charge is -2.28. The fourth-order valence-corrected chi connectivity index (χ4v) is 5.21. The summed E-state index contributed by atoms with van der Waals surface area (Å²) in [6.45, 7) is -2.94. The lowest BCUT2D eigenvalue weighted by molar-refractivity contribution is -0.141. The summed E-state index contributed by atoms with van der Waals surface area (Å²) in [5.74, 6) is -8.09. The van der Waals surface area contributed by atoms with Gasteiger partial charge in [0, 0.05) is 36.0 Å². The molecule has 55 heavy (non-hydrogen) atoms. The molecular weight excluding hydrogens is 742 g/mol. The van der Waals surface area contributed by atoms with E-state index in [9.17, 15) is 36.7 Å². The van der Waals surface area contributed by atoms with Crippen molar-refractivity contribution in [3.8, 4) is 23.0 Å². The van der Waals surface area contributed by atoms with Crippen molar-refractivity contribution in [1.82, 2.24) is 0 Å². The number of ether oxygens (including phenoxy) is 8. The maximum absolute atomic E-state index is 14.7. The molecule has 15 nitrogen and oxygen atoms in total. The molecule has 1 heterocycles. The highest BCUT2D eigenvalue weighted by Crippen LogP contribution is 2.36. The number of fused-ring (bicyclic) bond motifs is 3. The van der Waals surface area contributed by atoms with Crippen molar-refractivity contribution < 1.29 is 74.6 Å². The van der Waals surface area contributed by atoms with Gasteiger partial charge in [-0.3, -0.25) is 19.2 Å². The van der Waals surface area contributed by atoms with Crippen LogP contribution in [-0.4, -0.2) is 118 Å². The fraction of sp³-hybridized carbons (Fsp3) is 0.389. The maximum atomic E-state index is 14.7. The van der Waals surface area contributed by atoms with E-state index in [1.54, 1.807) is 0 Å². The van der Waals surface area contributed by atoms with Crippen molar-refractivity contribution >= 4 is 40.9 Å². The zero-order chi connectivity index (χ0) is 40.1. The quantitative estimate of drug-likeness (QED) is 0.177. The molecule has 298 valence electrons. The summed E-state index contributed by atoms with van der Waals surface area (Å²) in [7, 11) is 4.64. The summed E-state index contributed by atoms with van der Waals surface area (Å²) >= 11 is 0. The smallest absolute Gasteiger partial charge is 0.325 e. The Morgan fingerprint density at radius 3 is 1.38 bits per heavy atom. The molecule has 0 saturated heterocycles. The van der Waals surface area contributed by atoms with E-state index in [1.807, 2.05) is 0 Å². The molecule has 0 unspecified atom stereocenters. The lowest BCUT2D eigenvalue weighted by Crippen LogP contribution is -2.36. The van der Waals surface area contributed by atoms with Crippen LogP contribution in [0.15, 0.2) is 42.5 Å². The largest absolute Gasteiger partial charge is 0.488 e. The Bertz CT molecular complexity index is 1830. The van der Waals surface area contributed by atoms with E-state index in [-0.39, 0.29) is 87.0 Å². The van der Waals surface area contributed by atoms with Gasteiger partial charge in [-0.2, -0.15) is 0 Å². The number of anilines is 3. The molecule has 1 aliphatic rings. The number of hydrogen-bond donors (Lipinski definition) is 0. The average Bonchev–Trinajstić information content (AvgIpc) is 3.17. The lowest BCUT2D eigenvalue weighted by atomic mass is 10.2. The Hall–Kier alpha value is -6.14. The van der Waals surface area contributed by atoms with E-state index in [0.29, 0.717) is 5.69 Å². The van der Waals surface area contributed by atoms with Gasteiger partial charge < -0.3 is 52.6 Å². The normalized spacial score (nSPS) is 13.4. The molecule has 4 rings (SSSR count). The molecule has 0 N–H and O–H groups in total. The first kappa shape index (κ1) is 41.6. The minimum Gasteiger partial charge on any atom is -0.488 e. The molecule has 0 radical (unpaired) electrons. The van der Waals surface area contributed by atoms with Gasteiger partial charge in [0.05, 0.1) is 52.9 Å². The van der Waals surface area contributed by atoms with E-state index in [1.165, 1.54) is 47.1 Å². The number of nitrogens with zero attached hydrogens (tertiary/aromatic N) is 3. The van der Waals surface area contributed by atoms with Crippen LogP contribution in [0.25, 0.3) is 0 Å². The predicted molar refractivity (Wildman–Crippen MR) is 186 cm³/mol. The standard InChI is InChI=1S/C36H39F4N3O12/c1-48-33(44)18-41-7-9-52-29-6-5-22(43(20-35(46)50-3)21-36(47)51-4)13-32(29)53-10-8-42(19-34(45)49-2)28-15-24(38)26(40)17-31(28)55-12-11-54-30-16-25(39)23(37)14-27(30)41/h5-6,13-17H,7-12,18-21H2,1-4H3. The Morgan fingerprint density at radius 2 is 0.945 bits per heavy atom. The third-order valence-electron chi connectivity index (χ3n) is 8.00. The van der Waals surface area contributed by atoms with Gasteiger partial charge in [-0.1, -0.05) is 0 Å². The van der Waals surface area contributed by atoms with Crippen LogP contribution in [-0.2, 0) is 38.1 Å². The van der Waals surface area contributed by atoms with Crippen LogP contribution in [0.4, 0.5) is 34.6 Å². The van der Waals surface area contributed by atoms with Gasteiger partial charge in [-0.15, -0.1) is 0 Å². The number of carbonyl (C=O) groups is 4. The molecule has 0 aromatic heterocycles. The van der Waals surface area contributed by atoms with Gasteiger partial charge in [0.15, 0.2) is 34.8 Å². The van der Waals surface area contributed by atoms with Crippen LogP contribution >= 0.6 is 0 Å². The number of esters is 4. The molecule has 1 aliphatic heterocycles. The average molecular weight is 782 g/mol. The third kappa shape index (κ3) is 11.4. The van der Waals surface area contributed by atoms with Gasteiger partial charge in [0.25, 0.3) is 0 Å². The highest BCUT2D eigenvalue weighted by molar-refractivity contribution is 5.82. The number of rotatable bonds is 9. The van der Waals surface area contributed by atoms with E-state index >= 15 is 0 Å². The number of methoxy groups -OCH3 is 4. The summed E-state index contributed by atoms with van der Waals surface area (Å²) in [6, 6.07) is 7.61. The minimum absolute atomic E-state index is 0.0505. The zero-order valence-electron chi connectivity index (χ0n) is 30.4. The number of hydrogen-bond acceptors (Lipinski definition) is 15. The SMILES string of the molecule is COC(=O)CN(CC(=O)OC)c1ccc2c(c1)OCCN(CC(=O)OC)c1cc(F)c(F)cc1OCCOc1cc(F)c(F)cc1N(CC(=O)OC)CCO2. The van der Waals surface area contributed by atoms with E-state index in [4.69, 9.17) is 37.9 Å². The molecule has 0 fully saturated rings. The van der Waals surface area contributed by atoms with Gasteiger partial charge in [0.2, 0.25) is 0 Å². The number of benzene rings is 3. The second-order valence-electron chi connectivity index (χ2n) is 11.5. The van der Waals surface area contributed by atoms with E-state index in [0.717, 1.165) is 38.5 Å². The summed E-state index contributed by atoms with van der Waals surface area (Å²) in [4.78, 5) is 53.4. The van der Waals surface area contributed by atoms with Crippen LogP contribution in [0.2, 0.25) is 0 Å². The summed E-state index contributed by atoms with van der Waals surface area (Å²) in [5, 5.41) is 0. The van der Waals surface area contributed by atoms with Crippen molar-refractivity contribution in [2.45, 2.75) is 0 Å². The highest BCUT2D eigenvalue weighted by Gasteiger charge is 2.24. The van der Waals surface area contributed by atoms with Gasteiger partial charge in [-0.05, 0) is 12.1 Å². The molecule has 0 atom stereocenters. The van der Waals surface area contributed by atoms with Crippen LogP contribution < -0.4 is 33.6 Å². The first-order valence-corrected chi connectivity index (χ1v) is 16.5. The molecule has 3 aromatic carbocycles. The fourth-order valence-electron chi connectivity index (χ4n) is 5.21. The minimum atomic E-state index is -1.26. The second-order valence-corrected chi connectivity index (χ2v) is 11.5. The van der Waals surface area contributed by atoms with Crippen molar-refractivity contribution in [1.29, 1.82) is 0 Å². The molecule has 0 bridgehead atoms. The molecular formula is C36H39F4N3O12. The second kappa shape index (κ2) is 19.8. The summed E-state index contributed by atoms with van der Waals surface area (Å²) < 4.78 is 101. The molecule has 3 aromatic rings. The first-order valence-electron chi connectivity index (χ1n) is 16.5. The first-order chi connectivity index (χ1) is 26.4. The topological polar surface area (TPSA) is 152 Å². The third-order valence-corrected chi connectivity index (χ3v) is 8.00. The van der Waals surface area contributed by atoms with Crippen LogP contribution in [0.3, 0.4) is 0 Å². The van der Waals surface area contributed by atoms with Crippen molar-refractivity contribution in [2.75, 3.05) is 109 Å². The van der Waals surface area contributed by atoms with Crippen molar-refractivity contribution in [3.05, 3.63) is 65.7 Å². The molecule has 0 aliphatic carbocycles. The summed E-state index contributed by atoms with van der Waals surface area (Å²) in [6.07, 6.45) is 0. The Morgan fingerprint density at radius 1 is 0.545 bits per heavy atom. The maximum Gasteiger partial charge on any atom is 0.325 e. The van der Waals surface area contributed by atoms with Gasteiger partial charge >= 0.3 is 23.9 Å². The Balaban J connectivity index is 1.82. The van der Waals surface area contributed by atoms with Gasteiger partial charge in [-0.25, -0.2) is 17.6 Å². The zero-order valence-corrected chi connectivity index (χ0v) is 30.4. The Labute approximate surface area is 313 Å². The van der Waals surface area contributed by atoms with Crippen LogP contribution in [0.5, 0.6) is 23.0 Å². The molecule has 19 heteroatoms. The van der Waals surface area contributed by atoms with Crippen LogP contribution in [0.1, 0.15) is 0 Å². The van der Waals surface area contributed by atoms with E-state index < -0.39 is 60.2 Å². The monoisotopic (exact) mass is 781 g/mol. The molecule has 0 amide bonds. The predicted octanol–water partition coefficient (Wildman–Crippen LogP) is 3.28. The van der Waals surface area contributed by atoms with Crippen molar-refractivity contribution in [3.63, 3.8) is 0 Å². The van der Waals surface area contributed by atoms with Crippen LogP contribution in [0, 0.1) is 23.3 Å². The highest BCUT2D eigenvalue weighted by atomic mass is 19.2. The Kier molecular flexibility index (Phi) is 15.0. The summed E-state index contributed by atoms with van der Waals surface area (Å²) in [5.41, 5.74) is 0.165. The van der Waals surface area contributed by atoms with Crippen molar-refractivity contribution in [2.24, 2.45) is 0 Å². The number of carbonyl (C=O) groups excluding carboxylic acids is 4.